The number of hydrogen-bond donors (Lipinski definition) is 1. The highest BCUT2D eigenvalue weighted by Gasteiger charge is 2.22. The Morgan fingerprint density at radius 2 is 2.15 bits per heavy atom. The molecule has 0 amide bonds. The lowest BCUT2D eigenvalue weighted by Crippen LogP contribution is -2.26. The number of thiophene rings is 1. The molecule has 106 valence electrons. The zero-order chi connectivity index (χ0) is 14.8. The van der Waals surface area contributed by atoms with Crippen molar-refractivity contribution in [1.82, 2.24) is 0 Å². The van der Waals surface area contributed by atoms with Crippen molar-refractivity contribution in [3.63, 3.8) is 0 Å². The van der Waals surface area contributed by atoms with Crippen LogP contribution in [0.4, 0.5) is 11.4 Å². The second-order valence-corrected chi connectivity index (χ2v) is 7.25. The maximum Gasteiger partial charge on any atom is 0.270 e. The molecule has 20 heavy (non-hydrogen) atoms. The molecule has 2 rings (SSSR count). The Bertz CT molecular complexity index is 612. The fourth-order valence-electron chi connectivity index (χ4n) is 1.83. The summed E-state index contributed by atoms with van der Waals surface area (Å²) in [5.74, 6) is 0. The van der Waals surface area contributed by atoms with Crippen molar-refractivity contribution < 1.29 is 4.92 Å². The van der Waals surface area contributed by atoms with E-state index in [2.05, 4.69) is 59.3 Å². The largest absolute Gasteiger partial charge is 0.383 e. The molecule has 2 aromatic rings. The highest BCUT2D eigenvalue weighted by Crippen LogP contribution is 2.29. The van der Waals surface area contributed by atoms with Crippen LogP contribution in [0.3, 0.4) is 0 Å². The summed E-state index contributed by atoms with van der Waals surface area (Å²) in [4.78, 5) is 11.7. The van der Waals surface area contributed by atoms with Crippen LogP contribution in [-0.4, -0.2) is 11.5 Å². The lowest BCUT2D eigenvalue weighted by Gasteiger charge is -2.24. The molecule has 0 aliphatic rings. The summed E-state index contributed by atoms with van der Waals surface area (Å²) in [6.07, 6.45) is 0. The van der Waals surface area contributed by atoms with E-state index in [1.54, 1.807) is 23.5 Å². The van der Waals surface area contributed by atoms with Gasteiger partial charge in [-0.2, -0.15) is 0 Å². The average molecular weight is 402 g/mol. The van der Waals surface area contributed by atoms with E-state index in [1.807, 2.05) is 0 Å². The number of anilines is 1. The summed E-state index contributed by atoms with van der Waals surface area (Å²) in [5.41, 5.74) is 1.08. The first-order valence-electron chi connectivity index (χ1n) is 6.12. The van der Waals surface area contributed by atoms with Crippen molar-refractivity contribution in [2.24, 2.45) is 0 Å². The van der Waals surface area contributed by atoms with Gasteiger partial charge in [-0.15, -0.1) is 11.3 Å². The van der Waals surface area contributed by atoms with Gasteiger partial charge in [0.15, 0.2) is 0 Å². The Hall–Kier alpha value is -1.15. The molecule has 0 spiro atoms. The first-order chi connectivity index (χ1) is 9.40. The minimum absolute atomic E-state index is 0.0268. The fourth-order valence-corrected chi connectivity index (χ4v) is 3.37. The van der Waals surface area contributed by atoms with Gasteiger partial charge >= 0.3 is 0 Å². The maximum absolute atomic E-state index is 10.7. The quantitative estimate of drug-likeness (QED) is 0.450. The van der Waals surface area contributed by atoms with Gasteiger partial charge in [-0.1, -0.05) is 19.9 Å². The molecule has 0 saturated heterocycles. The number of nitrogens with zero attached hydrogens (tertiary/aromatic N) is 1. The molecular weight excluding hydrogens is 387 g/mol. The monoisotopic (exact) mass is 402 g/mol. The van der Waals surface area contributed by atoms with Crippen LogP contribution in [0.25, 0.3) is 0 Å². The highest BCUT2D eigenvalue weighted by molar-refractivity contribution is 14.1. The Labute approximate surface area is 135 Å². The zero-order valence-electron chi connectivity index (χ0n) is 11.2. The highest BCUT2D eigenvalue weighted by atomic mass is 127. The van der Waals surface area contributed by atoms with E-state index >= 15 is 0 Å². The van der Waals surface area contributed by atoms with Crippen LogP contribution in [-0.2, 0) is 5.41 Å². The van der Waals surface area contributed by atoms with E-state index in [1.165, 1.54) is 10.9 Å². The lowest BCUT2D eigenvalue weighted by molar-refractivity contribution is -0.384. The number of rotatable bonds is 5. The molecule has 0 unspecified atom stereocenters. The second-order valence-electron chi connectivity index (χ2n) is 5.14. The summed E-state index contributed by atoms with van der Waals surface area (Å²) >= 11 is 3.86. The molecule has 0 aliphatic heterocycles. The minimum Gasteiger partial charge on any atom is -0.383 e. The summed E-state index contributed by atoms with van der Waals surface area (Å²) in [7, 11) is 0. The Morgan fingerprint density at radius 3 is 2.70 bits per heavy atom. The van der Waals surface area contributed by atoms with Gasteiger partial charge in [0, 0.05) is 38.2 Å². The number of benzene rings is 1. The molecule has 1 aromatic heterocycles. The molecule has 4 nitrogen and oxygen atoms in total. The minimum atomic E-state index is -0.373. The summed E-state index contributed by atoms with van der Waals surface area (Å²) in [6, 6.07) is 9.07. The second kappa shape index (κ2) is 6.09. The molecule has 0 fully saturated rings. The number of halogens is 1. The summed E-state index contributed by atoms with van der Waals surface area (Å²) in [6.45, 7) is 5.15. The topological polar surface area (TPSA) is 55.2 Å². The molecule has 0 bridgehead atoms. The molecule has 0 saturated carbocycles. The predicted molar refractivity (Wildman–Crippen MR) is 91.6 cm³/mol. The third-order valence-electron chi connectivity index (χ3n) is 3.07. The van der Waals surface area contributed by atoms with E-state index in [9.17, 15) is 10.1 Å². The van der Waals surface area contributed by atoms with E-state index in [0.29, 0.717) is 0 Å². The summed E-state index contributed by atoms with van der Waals surface area (Å²) in [5, 5.41) is 16.2. The number of hydrogen-bond acceptors (Lipinski definition) is 4. The predicted octanol–water partition coefficient (Wildman–Crippen LogP) is 4.65. The molecule has 1 aromatic carbocycles. The molecule has 0 aliphatic carbocycles. The number of nitro benzene ring substituents is 1. The van der Waals surface area contributed by atoms with Gasteiger partial charge in [0.2, 0.25) is 0 Å². The zero-order valence-corrected chi connectivity index (χ0v) is 14.2. The van der Waals surface area contributed by atoms with Gasteiger partial charge in [-0.3, -0.25) is 10.1 Å². The van der Waals surface area contributed by atoms with Gasteiger partial charge in [0.1, 0.15) is 0 Å². The van der Waals surface area contributed by atoms with Crippen LogP contribution >= 0.6 is 33.9 Å². The van der Waals surface area contributed by atoms with Crippen LogP contribution in [0.15, 0.2) is 35.7 Å². The molecule has 0 atom stereocenters. The van der Waals surface area contributed by atoms with Gasteiger partial charge in [-0.25, -0.2) is 0 Å². The smallest absolute Gasteiger partial charge is 0.270 e. The number of non-ortho nitro benzene ring substituents is 1. The van der Waals surface area contributed by atoms with Crippen molar-refractivity contribution in [3.05, 3.63) is 54.3 Å². The molecular formula is C14H15IN2O2S. The summed E-state index contributed by atoms with van der Waals surface area (Å²) < 4.78 is 0.860. The van der Waals surface area contributed by atoms with Crippen molar-refractivity contribution in [2.75, 3.05) is 11.9 Å². The van der Waals surface area contributed by atoms with E-state index in [4.69, 9.17) is 0 Å². The van der Waals surface area contributed by atoms with Crippen LogP contribution in [0, 0.1) is 13.7 Å². The van der Waals surface area contributed by atoms with Crippen LogP contribution in [0.5, 0.6) is 0 Å². The Balaban J connectivity index is 2.10. The van der Waals surface area contributed by atoms with Crippen LogP contribution in [0.1, 0.15) is 18.7 Å². The van der Waals surface area contributed by atoms with E-state index in [0.717, 1.165) is 15.8 Å². The number of nitro groups is 1. The van der Waals surface area contributed by atoms with Gasteiger partial charge in [-0.05, 0) is 40.1 Å². The fraction of sp³-hybridized carbons (Fsp3) is 0.286. The standard InChI is InChI=1S/C14H15IN2O2S/c1-14(2,13-4-3-7-20-13)9-16-12-6-5-10(17(18)19)8-11(12)15/h3-8,16H,9H2,1-2H3. The normalized spacial score (nSPS) is 11.3. The third-order valence-corrected chi connectivity index (χ3v) is 5.20. The lowest BCUT2D eigenvalue weighted by atomic mass is 9.91. The Morgan fingerprint density at radius 1 is 1.40 bits per heavy atom. The van der Waals surface area contributed by atoms with Gasteiger partial charge < -0.3 is 5.32 Å². The van der Waals surface area contributed by atoms with Gasteiger partial charge in [0.05, 0.1) is 4.92 Å². The molecule has 6 heteroatoms. The molecule has 1 N–H and O–H groups in total. The molecule has 0 radical (unpaired) electrons. The average Bonchev–Trinajstić information content (AvgIpc) is 2.91. The van der Waals surface area contributed by atoms with Crippen molar-refractivity contribution in [3.8, 4) is 0 Å². The van der Waals surface area contributed by atoms with Gasteiger partial charge in [0.25, 0.3) is 5.69 Å². The van der Waals surface area contributed by atoms with Crippen LogP contribution < -0.4 is 5.32 Å². The first kappa shape index (κ1) is 15.2. The van der Waals surface area contributed by atoms with Crippen molar-refractivity contribution in [1.29, 1.82) is 0 Å². The Kier molecular flexibility index (Phi) is 4.64. The SMILES string of the molecule is CC(C)(CNc1ccc([N+](=O)[O-])cc1I)c1cccs1. The third kappa shape index (κ3) is 3.49. The van der Waals surface area contributed by atoms with Crippen molar-refractivity contribution >= 4 is 45.3 Å². The van der Waals surface area contributed by atoms with Crippen LogP contribution in [0.2, 0.25) is 0 Å². The van der Waals surface area contributed by atoms with E-state index in [-0.39, 0.29) is 16.0 Å². The maximum atomic E-state index is 10.7. The first-order valence-corrected chi connectivity index (χ1v) is 8.08. The molecule has 1 heterocycles. The van der Waals surface area contributed by atoms with E-state index < -0.39 is 0 Å². The van der Waals surface area contributed by atoms with Crippen molar-refractivity contribution in [2.45, 2.75) is 19.3 Å². The number of nitrogens with one attached hydrogen (secondary N) is 1.